The first kappa shape index (κ1) is 11.4. The average molecular weight is 210 g/mol. The highest BCUT2D eigenvalue weighted by Gasteiger charge is 2.32. The third kappa shape index (κ3) is 3.76. The normalized spacial score (nSPS) is 33.0. The second-order valence-electron chi connectivity index (χ2n) is 6.33. The second-order valence-corrected chi connectivity index (χ2v) is 6.33. The van der Waals surface area contributed by atoms with Crippen molar-refractivity contribution in [1.82, 2.24) is 10.6 Å². The molecule has 2 heteroatoms. The van der Waals surface area contributed by atoms with Crippen LogP contribution in [-0.2, 0) is 0 Å². The van der Waals surface area contributed by atoms with Gasteiger partial charge in [-0.3, -0.25) is 0 Å². The van der Waals surface area contributed by atoms with Crippen molar-refractivity contribution in [2.45, 2.75) is 83.0 Å². The largest absolute Gasteiger partial charge is 0.310 e. The molecule has 0 radical (unpaired) electrons. The molecule has 0 heterocycles. The Morgan fingerprint density at radius 1 is 0.867 bits per heavy atom. The van der Waals surface area contributed by atoms with Crippen LogP contribution in [0.1, 0.15) is 59.3 Å². The Labute approximate surface area is 94.2 Å². The molecule has 0 bridgehead atoms. The SMILES string of the molecule is CC(C)(C)NC1CCCCC1NC1CC1. The molecule has 2 saturated carbocycles. The highest BCUT2D eigenvalue weighted by atomic mass is 15.1. The molecule has 2 fully saturated rings. The Hall–Kier alpha value is -0.0800. The lowest BCUT2D eigenvalue weighted by Gasteiger charge is -2.38. The van der Waals surface area contributed by atoms with E-state index in [-0.39, 0.29) is 5.54 Å². The zero-order valence-corrected chi connectivity index (χ0v) is 10.5. The van der Waals surface area contributed by atoms with Crippen LogP contribution in [-0.4, -0.2) is 23.7 Å². The summed E-state index contributed by atoms with van der Waals surface area (Å²) in [6.07, 6.45) is 8.33. The summed E-state index contributed by atoms with van der Waals surface area (Å²) in [5, 5.41) is 7.58. The second kappa shape index (κ2) is 4.42. The first-order chi connectivity index (χ1) is 7.04. The van der Waals surface area contributed by atoms with E-state index >= 15 is 0 Å². The van der Waals surface area contributed by atoms with Gasteiger partial charge >= 0.3 is 0 Å². The highest BCUT2D eigenvalue weighted by Crippen LogP contribution is 2.26. The van der Waals surface area contributed by atoms with E-state index in [1.165, 1.54) is 38.5 Å². The van der Waals surface area contributed by atoms with Gasteiger partial charge in [0.1, 0.15) is 0 Å². The fourth-order valence-electron chi connectivity index (χ4n) is 2.61. The van der Waals surface area contributed by atoms with Gasteiger partial charge in [-0.1, -0.05) is 12.8 Å². The van der Waals surface area contributed by atoms with E-state index in [0.717, 1.165) is 12.1 Å². The molecule has 2 nitrogen and oxygen atoms in total. The van der Waals surface area contributed by atoms with E-state index in [4.69, 9.17) is 0 Å². The molecule has 0 amide bonds. The maximum absolute atomic E-state index is 3.80. The van der Waals surface area contributed by atoms with Crippen molar-refractivity contribution in [1.29, 1.82) is 0 Å². The van der Waals surface area contributed by atoms with Crippen molar-refractivity contribution >= 4 is 0 Å². The molecule has 0 aliphatic heterocycles. The molecule has 2 rings (SSSR count). The van der Waals surface area contributed by atoms with Gasteiger partial charge in [0.25, 0.3) is 0 Å². The summed E-state index contributed by atoms with van der Waals surface area (Å²) in [5.74, 6) is 0. The van der Waals surface area contributed by atoms with Gasteiger partial charge in [-0.25, -0.2) is 0 Å². The molecule has 0 aromatic rings. The molecule has 2 N–H and O–H groups in total. The summed E-state index contributed by atoms with van der Waals surface area (Å²) >= 11 is 0. The summed E-state index contributed by atoms with van der Waals surface area (Å²) in [4.78, 5) is 0. The summed E-state index contributed by atoms with van der Waals surface area (Å²) in [6.45, 7) is 6.82. The molecule has 2 aliphatic carbocycles. The van der Waals surface area contributed by atoms with Crippen molar-refractivity contribution in [3.8, 4) is 0 Å². The maximum Gasteiger partial charge on any atom is 0.0226 e. The first-order valence-electron chi connectivity index (χ1n) is 6.58. The van der Waals surface area contributed by atoms with E-state index in [1.54, 1.807) is 0 Å². The maximum atomic E-state index is 3.80. The van der Waals surface area contributed by atoms with Crippen LogP contribution in [0.4, 0.5) is 0 Å². The van der Waals surface area contributed by atoms with Crippen LogP contribution in [0, 0.1) is 0 Å². The van der Waals surface area contributed by atoms with Gasteiger partial charge in [0.15, 0.2) is 0 Å². The molecule has 88 valence electrons. The minimum Gasteiger partial charge on any atom is -0.310 e. The van der Waals surface area contributed by atoms with E-state index in [2.05, 4.69) is 31.4 Å². The van der Waals surface area contributed by atoms with Crippen LogP contribution in [0.15, 0.2) is 0 Å². The summed E-state index contributed by atoms with van der Waals surface area (Å²) < 4.78 is 0. The van der Waals surface area contributed by atoms with Gasteiger partial charge in [0, 0.05) is 23.7 Å². The fourth-order valence-corrected chi connectivity index (χ4v) is 2.61. The van der Waals surface area contributed by atoms with Gasteiger partial charge in [0.2, 0.25) is 0 Å². The van der Waals surface area contributed by atoms with E-state index in [9.17, 15) is 0 Å². The molecule has 0 saturated heterocycles. The van der Waals surface area contributed by atoms with Crippen LogP contribution >= 0.6 is 0 Å². The van der Waals surface area contributed by atoms with Gasteiger partial charge in [-0.05, 0) is 46.5 Å². The van der Waals surface area contributed by atoms with Crippen molar-refractivity contribution < 1.29 is 0 Å². The van der Waals surface area contributed by atoms with Crippen molar-refractivity contribution in [2.75, 3.05) is 0 Å². The van der Waals surface area contributed by atoms with Crippen LogP contribution in [0.5, 0.6) is 0 Å². The van der Waals surface area contributed by atoms with Crippen LogP contribution in [0.3, 0.4) is 0 Å². The van der Waals surface area contributed by atoms with Crippen LogP contribution < -0.4 is 10.6 Å². The lowest BCUT2D eigenvalue weighted by atomic mass is 9.88. The third-order valence-electron chi connectivity index (χ3n) is 3.41. The van der Waals surface area contributed by atoms with Gasteiger partial charge < -0.3 is 10.6 Å². The topological polar surface area (TPSA) is 24.1 Å². The van der Waals surface area contributed by atoms with Crippen molar-refractivity contribution in [3.05, 3.63) is 0 Å². The molecule has 2 unspecified atom stereocenters. The molecule has 15 heavy (non-hydrogen) atoms. The van der Waals surface area contributed by atoms with Crippen molar-refractivity contribution in [3.63, 3.8) is 0 Å². The summed E-state index contributed by atoms with van der Waals surface area (Å²) in [6, 6.07) is 2.27. The lowest BCUT2D eigenvalue weighted by Crippen LogP contribution is -2.55. The molecule has 2 atom stereocenters. The minimum atomic E-state index is 0.255. The third-order valence-corrected chi connectivity index (χ3v) is 3.41. The zero-order chi connectivity index (χ0) is 10.9. The Balaban J connectivity index is 1.86. The minimum absolute atomic E-state index is 0.255. The molecular weight excluding hydrogens is 184 g/mol. The number of nitrogens with one attached hydrogen (secondary N) is 2. The summed E-state index contributed by atoms with van der Waals surface area (Å²) in [7, 11) is 0. The smallest absolute Gasteiger partial charge is 0.0226 e. The molecule has 0 spiro atoms. The van der Waals surface area contributed by atoms with Crippen LogP contribution in [0.2, 0.25) is 0 Å². The quantitative estimate of drug-likeness (QED) is 0.747. The molecule has 0 aromatic heterocycles. The molecule has 0 aromatic carbocycles. The van der Waals surface area contributed by atoms with Crippen LogP contribution in [0.25, 0.3) is 0 Å². The Morgan fingerprint density at radius 2 is 1.47 bits per heavy atom. The highest BCUT2D eigenvalue weighted by molar-refractivity contribution is 4.94. The first-order valence-corrected chi connectivity index (χ1v) is 6.58. The lowest BCUT2D eigenvalue weighted by molar-refractivity contribution is 0.236. The Bertz CT molecular complexity index is 203. The Morgan fingerprint density at radius 3 is 2.00 bits per heavy atom. The van der Waals surface area contributed by atoms with E-state index in [1.807, 2.05) is 0 Å². The summed E-state index contributed by atoms with van der Waals surface area (Å²) in [5.41, 5.74) is 0.255. The van der Waals surface area contributed by atoms with E-state index < -0.39 is 0 Å². The Kier molecular flexibility index (Phi) is 3.36. The number of hydrogen-bond acceptors (Lipinski definition) is 2. The van der Waals surface area contributed by atoms with E-state index in [0.29, 0.717) is 6.04 Å². The predicted molar refractivity (Wildman–Crippen MR) is 65.1 cm³/mol. The number of rotatable bonds is 3. The molecule has 2 aliphatic rings. The van der Waals surface area contributed by atoms with Gasteiger partial charge in [0.05, 0.1) is 0 Å². The fraction of sp³-hybridized carbons (Fsp3) is 1.00. The van der Waals surface area contributed by atoms with Crippen molar-refractivity contribution in [2.24, 2.45) is 0 Å². The predicted octanol–water partition coefficient (Wildman–Crippen LogP) is 2.44. The standard InChI is InChI=1S/C13H26N2/c1-13(2,3)15-12-7-5-4-6-11(12)14-10-8-9-10/h10-12,14-15H,4-9H2,1-3H3. The number of hydrogen-bond donors (Lipinski definition) is 2. The average Bonchev–Trinajstić information content (AvgIpc) is 2.89. The molecular formula is C13H26N2. The van der Waals surface area contributed by atoms with Gasteiger partial charge in [-0.15, -0.1) is 0 Å². The zero-order valence-electron chi connectivity index (χ0n) is 10.5. The van der Waals surface area contributed by atoms with Gasteiger partial charge in [-0.2, -0.15) is 0 Å². The monoisotopic (exact) mass is 210 g/mol.